The highest BCUT2D eigenvalue weighted by atomic mass is 32.1. The van der Waals surface area contributed by atoms with E-state index in [0.717, 1.165) is 18.7 Å². The van der Waals surface area contributed by atoms with Gasteiger partial charge in [-0.1, -0.05) is 23.8 Å². The molecule has 0 amide bonds. The molecule has 3 aromatic heterocycles. The fourth-order valence-corrected chi connectivity index (χ4v) is 3.26. The molecule has 0 saturated carbocycles. The monoisotopic (exact) mass is 362 g/mol. The molecule has 0 bridgehead atoms. The number of hydrogen-bond acceptors (Lipinski definition) is 7. The number of benzene rings is 1. The van der Waals surface area contributed by atoms with Crippen LogP contribution in [0.3, 0.4) is 0 Å². The molecule has 26 heavy (non-hydrogen) atoms. The molecule has 0 aliphatic heterocycles. The van der Waals surface area contributed by atoms with Gasteiger partial charge in [0, 0.05) is 29.5 Å². The topological polar surface area (TPSA) is 75.6 Å². The van der Waals surface area contributed by atoms with Crippen molar-refractivity contribution in [1.29, 1.82) is 0 Å². The zero-order valence-electron chi connectivity index (χ0n) is 14.3. The predicted molar refractivity (Wildman–Crippen MR) is 106 cm³/mol. The Morgan fingerprint density at radius 2 is 1.85 bits per heavy atom. The molecule has 4 rings (SSSR count). The minimum Gasteiger partial charge on any atom is -0.354 e. The van der Waals surface area contributed by atoms with Gasteiger partial charge in [-0.2, -0.15) is 9.97 Å². The smallest absolute Gasteiger partial charge is 0.226 e. The highest BCUT2D eigenvalue weighted by Gasteiger charge is 2.10. The first-order chi connectivity index (χ1) is 12.8. The molecule has 0 spiro atoms. The molecule has 0 fully saturated rings. The van der Waals surface area contributed by atoms with Gasteiger partial charge in [0.2, 0.25) is 5.95 Å². The Bertz CT molecular complexity index is 998. The van der Waals surface area contributed by atoms with E-state index in [0.29, 0.717) is 22.9 Å². The third-order valence-corrected chi connectivity index (χ3v) is 4.82. The molecule has 0 saturated heterocycles. The summed E-state index contributed by atoms with van der Waals surface area (Å²) >= 11 is 1.75. The first kappa shape index (κ1) is 16.4. The number of fused-ring (bicyclic) bond motifs is 1. The molecule has 3 heterocycles. The third kappa shape index (κ3) is 3.78. The average Bonchev–Trinajstić information content (AvgIpc) is 3.17. The van der Waals surface area contributed by atoms with Crippen molar-refractivity contribution in [2.75, 3.05) is 17.2 Å². The maximum atomic E-state index is 4.61. The fraction of sp³-hybridized carbons (Fsp3) is 0.158. The Morgan fingerprint density at radius 3 is 2.65 bits per heavy atom. The van der Waals surface area contributed by atoms with Crippen LogP contribution in [0.5, 0.6) is 0 Å². The number of nitrogens with one attached hydrogen (secondary N) is 2. The summed E-state index contributed by atoms with van der Waals surface area (Å²) in [7, 11) is 0. The van der Waals surface area contributed by atoms with Gasteiger partial charge in [-0.15, -0.1) is 11.3 Å². The van der Waals surface area contributed by atoms with Gasteiger partial charge in [-0.3, -0.25) is 0 Å². The van der Waals surface area contributed by atoms with Gasteiger partial charge in [0.25, 0.3) is 0 Å². The van der Waals surface area contributed by atoms with Crippen molar-refractivity contribution in [2.24, 2.45) is 0 Å². The molecule has 0 atom stereocenters. The lowest BCUT2D eigenvalue weighted by molar-refractivity contribution is 1.00. The van der Waals surface area contributed by atoms with E-state index in [1.165, 1.54) is 10.4 Å². The molecule has 130 valence electrons. The second-order valence-electron chi connectivity index (χ2n) is 5.87. The summed E-state index contributed by atoms with van der Waals surface area (Å²) in [5.41, 5.74) is 3.37. The van der Waals surface area contributed by atoms with Crippen molar-refractivity contribution in [3.05, 3.63) is 64.6 Å². The Morgan fingerprint density at radius 1 is 1.00 bits per heavy atom. The molecule has 0 aliphatic carbocycles. The number of aromatic nitrogens is 4. The second kappa shape index (κ2) is 7.45. The molecular weight excluding hydrogens is 344 g/mol. The van der Waals surface area contributed by atoms with Crippen molar-refractivity contribution in [3.8, 4) is 0 Å². The maximum Gasteiger partial charge on any atom is 0.226 e. The lowest BCUT2D eigenvalue weighted by Crippen LogP contribution is -2.09. The van der Waals surface area contributed by atoms with E-state index >= 15 is 0 Å². The van der Waals surface area contributed by atoms with E-state index in [1.807, 2.05) is 12.1 Å². The summed E-state index contributed by atoms with van der Waals surface area (Å²) in [6, 6.07) is 12.3. The average molecular weight is 362 g/mol. The van der Waals surface area contributed by atoms with Gasteiger partial charge in [-0.25, -0.2) is 9.97 Å². The molecule has 7 heteroatoms. The Labute approximate surface area is 155 Å². The normalized spacial score (nSPS) is 10.8. The molecule has 0 radical (unpaired) electrons. The third-order valence-electron chi connectivity index (χ3n) is 3.88. The first-order valence-electron chi connectivity index (χ1n) is 8.37. The van der Waals surface area contributed by atoms with Crippen LogP contribution < -0.4 is 10.6 Å². The van der Waals surface area contributed by atoms with E-state index in [9.17, 15) is 0 Å². The number of anilines is 3. The van der Waals surface area contributed by atoms with E-state index in [2.05, 4.69) is 67.1 Å². The Balaban J connectivity index is 1.59. The summed E-state index contributed by atoms with van der Waals surface area (Å²) in [6.45, 7) is 2.82. The van der Waals surface area contributed by atoms with E-state index in [1.54, 1.807) is 23.7 Å². The van der Waals surface area contributed by atoms with Crippen LogP contribution in [0.2, 0.25) is 0 Å². The number of nitrogens with zero attached hydrogens (tertiary/aromatic N) is 4. The maximum absolute atomic E-state index is 4.61. The SMILES string of the molecule is Cc1ccc(Nc2nc(NCCc3cccs3)nc3nccnc23)cc1. The number of aryl methyl sites for hydroxylation is 1. The van der Waals surface area contributed by atoms with Crippen molar-refractivity contribution in [3.63, 3.8) is 0 Å². The van der Waals surface area contributed by atoms with Crippen LogP contribution in [0.15, 0.2) is 54.2 Å². The largest absolute Gasteiger partial charge is 0.354 e. The van der Waals surface area contributed by atoms with Gasteiger partial charge in [0.1, 0.15) is 0 Å². The molecule has 0 unspecified atom stereocenters. The molecule has 1 aromatic carbocycles. The number of rotatable bonds is 6. The molecule has 6 nitrogen and oxygen atoms in total. The Kier molecular flexibility index (Phi) is 4.70. The molecule has 0 aliphatic rings. The quantitative estimate of drug-likeness (QED) is 0.536. The zero-order valence-corrected chi connectivity index (χ0v) is 15.1. The highest BCUT2D eigenvalue weighted by Crippen LogP contribution is 2.22. The van der Waals surface area contributed by atoms with Crippen LogP contribution in [0, 0.1) is 6.92 Å². The summed E-state index contributed by atoms with van der Waals surface area (Å²) in [5.74, 6) is 1.19. The summed E-state index contributed by atoms with van der Waals surface area (Å²) < 4.78 is 0. The van der Waals surface area contributed by atoms with Crippen LogP contribution in [-0.4, -0.2) is 26.5 Å². The lowest BCUT2D eigenvalue weighted by Gasteiger charge is -2.11. The predicted octanol–water partition coefficient (Wildman–Crippen LogP) is 4.19. The molecular formula is C19H18N6S. The summed E-state index contributed by atoms with van der Waals surface area (Å²) in [5, 5.41) is 8.70. The van der Waals surface area contributed by atoms with E-state index in [4.69, 9.17) is 0 Å². The molecule has 2 N–H and O–H groups in total. The number of thiophene rings is 1. The van der Waals surface area contributed by atoms with Gasteiger partial charge >= 0.3 is 0 Å². The van der Waals surface area contributed by atoms with E-state index in [-0.39, 0.29) is 0 Å². The lowest BCUT2D eigenvalue weighted by atomic mass is 10.2. The van der Waals surface area contributed by atoms with Crippen LogP contribution in [0.1, 0.15) is 10.4 Å². The summed E-state index contributed by atoms with van der Waals surface area (Å²) in [4.78, 5) is 19.1. The fourth-order valence-electron chi connectivity index (χ4n) is 2.56. The summed E-state index contributed by atoms with van der Waals surface area (Å²) in [6.07, 6.45) is 4.22. The van der Waals surface area contributed by atoms with Crippen LogP contribution in [0.4, 0.5) is 17.5 Å². The van der Waals surface area contributed by atoms with Crippen molar-refractivity contribution in [1.82, 2.24) is 19.9 Å². The minimum atomic E-state index is 0.546. The highest BCUT2D eigenvalue weighted by molar-refractivity contribution is 7.09. The minimum absolute atomic E-state index is 0.546. The van der Waals surface area contributed by atoms with Crippen molar-refractivity contribution in [2.45, 2.75) is 13.3 Å². The first-order valence-corrected chi connectivity index (χ1v) is 9.24. The van der Waals surface area contributed by atoms with Gasteiger partial charge in [0.05, 0.1) is 0 Å². The van der Waals surface area contributed by atoms with Crippen molar-refractivity contribution < 1.29 is 0 Å². The standard InChI is InChI=1S/C19H18N6S/c1-13-4-6-14(7-5-13)23-18-16-17(21-11-10-20-16)24-19(25-18)22-9-8-15-3-2-12-26-15/h2-7,10-12H,8-9H2,1H3,(H2,21,22,23,24,25). The van der Waals surface area contributed by atoms with Crippen molar-refractivity contribution >= 4 is 40.0 Å². The second-order valence-corrected chi connectivity index (χ2v) is 6.90. The van der Waals surface area contributed by atoms with Gasteiger partial charge in [-0.05, 0) is 36.9 Å². The van der Waals surface area contributed by atoms with Crippen LogP contribution >= 0.6 is 11.3 Å². The number of hydrogen-bond donors (Lipinski definition) is 2. The van der Waals surface area contributed by atoms with Crippen LogP contribution in [0.25, 0.3) is 11.2 Å². The Hall–Kier alpha value is -3.06. The van der Waals surface area contributed by atoms with Gasteiger partial charge < -0.3 is 10.6 Å². The zero-order chi connectivity index (χ0) is 17.8. The van der Waals surface area contributed by atoms with Gasteiger partial charge in [0.15, 0.2) is 17.0 Å². The van der Waals surface area contributed by atoms with Crippen LogP contribution in [-0.2, 0) is 6.42 Å². The van der Waals surface area contributed by atoms with E-state index < -0.39 is 0 Å². The molecule has 4 aromatic rings.